The van der Waals surface area contributed by atoms with Gasteiger partial charge in [0.15, 0.2) is 0 Å². The first-order valence-electron chi connectivity index (χ1n) is 6.36. The Hall–Kier alpha value is 2.07. The average molecular weight is 645 g/mol. The van der Waals surface area contributed by atoms with Crippen molar-refractivity contribution in [3.63, 3.8) is 0 Å². The van der Waals surface area contributed by atoms with Crippen LogP contribution in [0.3, 0.4) is 0 Å². The van der Waals surface area contributed by atoms with Crippen LogP contribution in [0, 0.1) is 0 Å². The molecule has 2 fully saturated rings. The first-order chi connectivity index (χ1) is 8.20. The van der Waals surface area contributed by atoms with Crippen LogP contribution >= 0.6 is 38.7 Å². The van der Waals surface area contributed by atoms with E-state index in [9.17, 15) is 0 Å². The zero-order valence-corrected chi connectivity index (χ0v) is 17.4. The second kappa shape index (κ2) is 14.5. The molecule has 0 bridgehead atoms. The molecule has 0 spiro atoms. The van der Waals surface area contributed by atoms with Gasteiger partial charge in [-0.1, -0.05) is 52.4 Å². The molecule has 106 valence electrons. The van der Waals surface area contributed by atoms with Gasteiger partial charge >= 0.3 is 49.9 Å². The predicted octanol–water partition coefficient (Wildman–Crippen LogP) is 5.63. The van der Waals surface area contributed by atoms with Gasteiger partial charge in [-0.25, -0.2) is 0 Å². The maximum absolute atomic E-state index is 4.33. The minimum atomic E-state index is 0.523. The van der Waals surface area contributed by atoms with Crippen molar-refractivity contribution >= 4 is 38.7 Å². The molecule has 17 heavy (non-hydrogen) atoms. The van der Waals surface area contributed by atoms with E-state index in [1.165, 1.54) is 38.5 Å². The minimum absolute atomic E-state index is 0.523. The standard InChI is InChI=1S/2C6H12N.2HI.Pt/c2*1-6-4-2-3-5-7-6;;;/h2*6H,2-5H2,1H3;2*1H;/q2*-1;;;+4/p-2/t2*6-;;;/m10.../s1. The number of piperidine rings is 2. The van der Waals surface area contributed by atoms with Crippen molar-refractivity contribution in [3.05, 3.63) is 10.6 Å². The molecule has 0 saturated carbocycles. The molecule has 0 aromatic carbocycles. The van der Waals surface area contributed by atoms with E-state index < -0.39 is 0 Å². The molecular formula is C12H24I2N2Pt. The van der Waals surface area contributed by atoms with Crippen LogP contribution in [0.5, 0.6) is 0 Å². The molecular weight excluding hydrogens is 621 g/mol. The van der Waals surface area contributed by atoms with Crippen molar-refractivity contribution in [2.75, 3.05) is 13.1 Å². The fourth-order valence-electron chi connectivity index (χ4n) is 1.91. The number of rotatable bonds is 0. The quantitative estimate of drug-likeness (QED) is 0.306. The summed E-state index contributed by atoms with van der Waals surface area (Å²) in [6.07, 6.45) is 8.07. The summed E-state index contributed by atoms with van der Waals surface area (Å²) in [5.41, 5.74) is 0. The van der Waals surface area contributed by atoms with Gasteiger partial charge < -0.3 is 10.6 Å². The third-order valence-corrected chi connectivity index (χ3v) is 2.94. The molecule has 0 unspecified atom stereocenters. The second-order valence-electron chi connectivity index (χ2n) is 4.55. The van der Waals surface area contributed by atoms with Gasteiger partial charge in [0.05, 0.1) is 0 Å². The topological polar surface area (TPSA) is 28.2 Å². The molecule has 0 aliphatic carbocycles. The van der Waals surface area contributed by atoms with Crippen LogP contribution in [0.2, 0.25) is 0 Å². The van der Waals surface area contributed by atoms with E-state index in [-0.39, 0.29) is 0 Å². The number of nitrogens with zero attached hydrogens (tertiary/aromatic N) is 2. The van der Waals surface area contributed by atoms with Gasteiger partial charge in [0.2, 0.25) is 0 Å². The molecule has 2 atom stereocenters. The van der Waals surface area contributed by atoms with Gasteiger partial charge in [0.1, 0.15) is 0 Å². The normalized spacial score (nSPS) is 28.5. The van der Waals surface area contributed by atoms with Crippen LogP contribution < -0.4 is 0 Å². The van der Waals surface area contributed by atoms with Crippen LogP contribution in [0.4, 0.5) is 0 Å². The van der Waals surface area contributed by atoms with Gasteiger partial charge in [-0.2, -0.15) is 0 Å². The molecule has 2 rings (SSSR count). The average Bonchev–Trinajstić information content (AvgIpc) is 2.33. The summed E-state index contributed by atoms with van der Waals surface area (Å²) in [6, 6.07) is 1.32. The molecule has 0 aromatic heterocycles. The van der Waals surface area contributed by atoms with Crippen LogP contribution in [0.25, 0.3) is 10.6 Å². The van der Waals surface area contributed by atoms with Gasteiger partial charge in [0.25, 0.3) is 0 Å². The van der Waals surface area contributed by atoms with E-state index in [2.05, 4.69) is 63.2 Å². The first kappa shape index (κ1) is 19.1. The second-order valence-corrected chi connectivity index (χ2v) is 21.1. The summed E-state index contributed by atoms with van der Waals surface area (Å²) in [7, 11) is 0. The molecule has 2 saturated heterocycles. The van der Waals surface area contributed by atoms with Crippen LogP contribution in [0.15, 0.2) is 0 Å². The van der Waals surface area contributed by atoms with E-state index in [1.807, 2.05) is 0 Å². The van der Waals surface area contributed by atoms with Crippen molar-refractivity contribution in [2.45, 2.75) is 64.5 Å². The zero-order chi connectivity index (χ0) is 12.9. The molecule has 5 heteroatoms. The fraction of sp³-hybridized carbons (Fsp3) is 1.00. The Bertz CT molecular complexity index is 133. The monoisotopic (exact) mass is 645 g/mol. The Morgan fingerprint density at radius 3 is 1.29 bits per heavy atom. The maximum atomic E-state index is 4.33. The number of hydrogen-bond acceptors (Lipinski definition) is 0. The fourth-order valence-corrected chi connectivity index (χ4v) is 1.91. The van der Waals surface area contributed by atoms with Crippen LogP contribution in [-0.4, -0.2) is 25.2 Å². The van der Waals surface area contributed by atoms with E-state index in [4.69, 9.17) is 0 Å². The summed E-state index contributed by atoms with van der Waals surface area (Å²) in [4.78, 5) is 0. The van der Waals surface area contributed by atoms with Crippen molar-refractivity contribution in [2.24, 2.45) is 0 Å². The number of hydrogen-bond donors (Lipinski definition) is 0. The Morgan fingerprint density at radius 1 is 0.824 bits per heavy atom. The van der Waals surface area contributed by atoms with Crippen LogP contribution in [0.1, 0.15) is 52.4 Å². The Labute approximate surface area is 136 Å². The summed E-state index contributed by atoms with van der Waals surface area (Å²) < 4.78 is 0. The van der Waals surface area contributed by atoms with Crippen molar-refractivity contribution in [1.29, 1.82) is 0 Å². The van der Waals surface area contributed by atoms with Crippen molar-refractivity contribution < 1.29 is 11.2 Å². The van der Waals surface area contributed by atoms with Gasteiger partial charge in [-0.3, -0.25) is 0 Å². The van der Waals surface area contributed by atoms with Crippen LogP contribution in [-0.2, 0) is 11.2 Å². The van der Waals surface area contributed by atoms with E-state index >= 15 is 0 Å². The van der Waals surface area contributed by atoms with E-state index in [0.29, 0.717) is 23.3 Å². The Kier molecular flexibility index (Phi) is 16.2. The predicted molar refractivity (Wildman–Crippen MR) is 91.1 cm³/mol. The SMILES string of the molecule is C[C@@H]1CCCC[N-]1.C[C@H]1CCCC[N-]1.[I][Pt+2][I]. The number of halogens is 2. The molecule has 2 heterocycles. The molecule has 2 aliphatic heterocycles. The summed E-state index contributed by atoms with van der Waals surface area (Å²) in [5, 5.41) is 8.66. The van der Waals surface area contributed by atoms with Gasteiger partial charge in [-0.05, 0) is 0 Å². The molecule has 2 aliphatic rings. The zero-order valence-electron chi connectivity index (χ0n) is 10.8. The van der Waals surface area contributed by atoms with Crippen molar-refractivity contribution in [1.82, 2.24) is 0 Å². The Balaban J connectivity index is 0.000000247. The molecule has 0 N–H and O–H groups in total. The molecule has 0 amide bonds. The first-order valence-corrected chi connectivity index (χ1v) is 19.2. The summed E-state index contributed by atoms with van der Waals surface area (Å²) >= 11 is 5.30. The molecule has 2 nitrogen and oxygen atoms in total. The van der Waals surface area contributed by atoms with E-state index in [1.54, 1.807) is 0 Å². The van der Waals surface area contributed by atoms with Crippen molar-refractivity contribution in [3.8, 4) is 0 Å². The summed E-state index contributed by atoms with van der Waals surface area (Å²) in [6.45, 7) is 6.61. The molecule has 0 aromatic rings. The molecule has 0 radical (unpaired) electrons. The Morgan fingerprint density at radius 2 is 1.18 bits per heavy atom. The third kappa shape index (κ3) is 14.3. The van der Waals surface area contributed by atoms with Gasteiger partial charge in [-0.15, -0.1) is 25.2 Å². The third-order valence-electron chi connectivity index (χ3n) is 2.94. The van der Waals surface area contributed by atoms with Gasteiger partial charge in [0, 0.05) is 0 Å². The van der Waals surface area contributed by atoms with E-state index in [0.717, 1.165) is 13.1 Å². The summed E-state index contributed by atoms with van der Waals surface area (Å²) in [5.74, 6) is 0.